The molecular formula is C23H18N2O2. The first-order chi connectivity index (χ1) is 13.3. The lowest BCUT2D eigenvalue weighted by Gasteiger charge is -2.09. The smallest absolute Gasteiger partial charge is 0.200 e. The summed E-state index contributed by atoms with van der Waals surface area (Å²) < 4.78 is 7.42. The van der Waals surface area contributed by atoms with Gasteiger partial charge < -0.3 is 9.84 Å². The SMILES string of the molecule is COc1cc(-c2ccccc2)cc2ncc(C#CC(O)c3ccccc3)n12. The molecule has 2 aromatic heterocycles. The van der Waals surface area contributed by atoms with Crippen molar-refractivity contribution in [1.29, 1.82) is 0 Å². The number of fused-ring (bicyclic) bond motifs is 1. The van der Waals surface area contributed by atoms with Crippen LogP contribution in [-0.4, -0.2) is 21.6 Å². The van der Waals surface area contributed by atoms with Crippen molar-refractivity contribution in [3.05, 3.63) is 90.3 Å². The number of nitrogens with zero attached hydrogens (tertiary/aromatic N) is 2. The molecule has 0 amide bonds. The highest BCUT2D eigenvalue weighted by Crippen LogP contribution is 2.27. The Bertz CT molecular complexity index is 1120. The lowest BCUT2D eigenvalue weighted by molar-refractivity contribution is 0.238. The van der Waals surface area contributed by atoms with Crippen LogP contribution in [0.5, 0.6) is 5.88 Å². The van der Waals surface area contributed by atoms with Gasteiger partial charge >= 0.3 is 0 Å². The van der Waals surface area contributed by atoms with Crippen LogP contribution in [0, 0.1) is 11.8 Å². The maximum atomic E-state index is 10.3. The summed E-state index contributed by atoms with van der Waals surface area (Å²) >= 11 is 0. The highest BCUT2D eigenvalue weighted by molar-refractivity contribution is 5.70. The van der Waals surface area contributed by atoms with Crippen LogP contribution < -0.4 is 4.74 Å². The van der Waals surface area contributed by atoms with Crippen LogP contribution in [-0.2, 0) is 0 Å². The molecule has 1 N–H and O–H groups in total. The Morgan fingerprint density at radius 1 is 0.963 bits per heavy atom. The van der Waals surface area contributed by atoms with Gasteiger partial charge in [0.05, 0.1) is 13.3 Å². The molecule has 1 unspecified atom stereocenters. The summed E-state index contributed by atoms with van der Waals surface area (Å²) in [4.78, 5) is 4.46. The Morgan fingerprint density at radius 3 is 2.37 bits per heavy atom. The lowest BCUT2D eigenvalue weighted by Crippen LogP contribution is -1.98. The van der Waals surface area contributed by atoms with Crippen molar-refractivity contribution >= 4 is 5.65 Å². The second-order valence-corrected chi connectivity index (χ2v) is 6.07. The van der Waals surface area contributed by atoms with Gasteiger partial charge in [-0.15, -0.1) is 0 Å². The minimum absolute atomic E-state index is 0.641. The average Bonchev–Trinajstić information content (AvgIpc) is 3.15. The Balaban J connectivity index is 1.75. The molecule has 0 radical (unpaired) electrons. The number of aliphatic hydroxyl groups excluding tert-OH is 1. The van der Waals surface area contributed by atoms with E-state index in [1.54, 1.807) is 13.3 Å². The topological polar surface area (TPSA) is 46.8 Å². The molecule has 4 rings (SSSR count). The summed E-state index contributed by atoms with van der Waals surface area (Å²) in [6, 6.07) is 23.4. The van der Waals surface area contributed by atoms with E-state index < -0.39 is 6.10 Å². The maximum Gasteiger partial charge on any atom is 0.200 e. The number of imidazole rings is 1. The van der Waals surface area contributed by atoms with Crippen LogP contribution in [0.25, 0.3) is 16.8 Å². The molecule has 27 heavy (non-hydrogen) atoms. The standard InChI is InChI=1S/C23H18N2O2/c1-27-23-15-19(17-8-4-2-5-9-17)14-22-24-16-20(25(22)23)12-13-21(26)18-10-6-3-7-11-18/h2-11,14-16,21,26H,1H3. The fourth-order valence-corrected chi connectivity index (χ4v) is 2.97. The predicted molar refractivity (Wildman–Crippen MR) is 105 cm³/mol. The predicted octanol–water partition coefficient (Wildman–Crippen LogP) is 4.10. The zero-order chi connectivity index (χ0) is 18.6. The van der Waals surface area contributed by atoms with Crippen molar-refractivity contribution in [2.75, 3.05) is 7.11 Å². The van der Waals surface area contributed by atoms with Crippen molar-refractivity contribution in [2.45, 2.75) is 6.10 Å². The fourth-order valence-electron chi connectivity index (χ4n) is 2.97. The zero-order valence-electron chi connectivity index (χ0n) is 14.8. The van der Waals surface area contributed by atoms with E-state index in [2.05, 4.69) is 16.8 Å². The van der Waals surface area contributed by atoms with E-state index in [-0.39, 0.29) is 0 Å². The Kier molecular flexibility index (Phi) is 4.61. The van der Waals surface area contributed by atoms with E-state index in [9.17, 15) is 5.11 Å². The molecule has 0 aliphatic rings. The number of aliphatic hydroxyl groups is 1. The highest BCUT2D eigenvalue weighted by Gasteiger charge is 2.11. The number of rotatable bonds is 3. The van der Waals surface area contributed by atoms with Crippen molar-refractivity contribution in [3.63, 3.8) is 0 Å². The summed E-state index contributed by atoms with van der Waals surface area (Å²) in [6.45, 7) is 0. The van der Waals surface area contributed by atoms with Crippen molar-refractivity contribution in [2.24, 2.45) is 0 Å². The lowest BCUT2D eigenvalue weighted by atomic mass is 10.1. The Morgan fingerprint density at radius 2 is 1.67 bits per heavy atom. The molecule has 0 aliphatic carbocycles. The Hall–Kier alpha value is -3.55. The van der Waals surface area contributed by atoms with Gasteiger partial charge in [-0.25, -0.2) is 4.98 Å². The number of hydrogen-bond acceptors (Lipinski definition) is 3. The first-order valence-corrected chi connectivity index (χ1v) is 8.62. The average molecular weight is 354 g/mol. The third-order valence-corrected chi connectivity index (χ3v) is 4.34. The Labute approximate surface area is 157 Å². The van der Waals surface area contributed by atoms with Gasteiger partial charge in [-0.3, -0.25) is 4.40 Å². The fraction of sp³-hybridized carbons (Fsp3) is 0.0870. The molecule has 0 saturated heterocycles. The zero-order valence-corrected chi connectivity index (χ0v) is 14.8. The molecule has 2 heterocycles. The molecule has 4 heteroatoms. The van der Waals surface area contributed by atoms with Crippen LogP contribution in [0.2, 0.25) is 0 Å². The number of ether oxygens (including phenoxy) is 1. The molecule has 0 aliphatic heterocycles. The van der Waals surface area contributed by atoms with E-state index in [4.69, 9.17) is 4.74 Å². The van der Waals surface area contributed by atoms with Gasteiger partial charge in [0.15, 0.2) is 0 Å². The molecule has 4 nitrogen and oxygen atoms in total. The normalized spacial score (nSPS) is 11.6. The number of methoxy groups -OCH3 is 1. The third-order valence-electron chi connectivity index (χ3n) is 4.34. The first kappa shape index (κ1) is 16.9. The van der Waals surface area contributed by atoms with Gasteiger partial charge in [-0.05, 0) is 28.7 Å². The number of pyridine rings is 1. The monoisotopic (exact) mass is 354 g/mol. The molecule has 2 aromatic carbocycles. The van der Waals surface area contributed by atoms with Crippen LogP contribution in [0.4, 0.5) is 0 Å². The van der Waals surface area contributed by atoms with E-state index in [0.29, 0.717) is 11.6 Å². The number of benzene rings is 2. The minimum Gasteiger partial charge on any atom is -0.482 e. The molecule has 0 spiro atoms. The van der Waals surface area contributed by atoms with E-state index in [1.165, 1.54) is 0 Å². The van der Waals surface area contributed by atoms with Crippen LogP contribution in [0.3, 0.4) is 0 Å². The molecule has 4 aromatic rings. The van der Waals surface area contributed by atoms with Gasteiger partial charge in [0.2, 0.25) is 5.88 Å². The largest absolute Gasteiger partial charge is 0.482 e. The van der Waals surface area contributed by atoms with E-state index in [1.807, 2.05) is 77.2 Å². The number of aromatic nitrogens is 2. The highest BCUT2D eigenvalue weighted by atomic mass is 16.5. The molecule has 0 saturated carbocycles. The van der Waals surface area contributed by atoms with Crippen LogP contribution in [0.15, 0.2) is 79.0 Å². The summed E-state index contributed by atoms with van der Waals surface area (Å²) in [7, 11) is 1.62. The molecule has 132 valence electrons. The van der Waals surface area contributed by atoms with Crippen molar-refractivity contribution in [3.8, 4) is 28.8 Å². The molecular weight excluding hydrogens is 336 g/mol. The molecule has 0 bridgehead atoms. The van der Waals surface area contributed by atoms with Crippen molar-refractivity contribution in [1.82, 2.24) is 9.38 Å². The minimum atomic E-state index is -0.855. The first-order valence-electron chi connectivity index (χ1n) is 8.62. The van der Waals surface area contributed by atoms with E-state index >= 15 is 0 Å². The van der Waals surface area contributed by atoms with Gasteiger partial charge in [-0.2, -0.15) is 0 Å². The van der Waals surface area contributed by atoms with Crippen molar-refractivity contribution < 1.29 is 9.84 Å². The second kappa shape index (κ2) is 7.36. The van der Waals surface area contributed by atoms with Crippen LogP contribution in [0.1, 0.15) is 17.4 Å². The summed E-state index contributed by atoms with van der Waals surface area (Å²) in [5.41, 5.74) is 4.28. The molecule has 1 atom stereocenters. The van der Waals surface area contributed by atoms with Gasteiger partial charge in [0, 0.05) is 6.07 Å². The van der Waals surface area contributed by atoms with Gasteiger partial charge in [0.1, 0.15) is 17.4 Å². The second-order valence-electron chi connectivity index (χ2n) is 6.07. The summed E-state index contributed by atoms with van der Waals surface area (Å²) in [5, 5.41) is 10.3. The van der Waals surface area contributed by atoms with E-state index in [0.717, 1.165) is 22.3 Å². The van der Waals surface area contributed by atoms with Gasteiger partial charge in [0.25, 0.3) is 0 Å². The van der Waals surface area contributed by atoms with Gasteiger partial charge in [-0.1, -0.05) is 66.6 Å². The summed E-state index contributed by atoms with van der Waals surface area (Å²) in [5.74, 6) is 6.54. The molecule has 0 fully saturated rings. The number of hydrogen-bond donors (Lipinski definition) is 1. The quantitative estimate of drug-likeness (QED) is 0.564. The summed E-state index contributed by atoms with van der Waals surface area (Å²) in [6.07, 6.45) is 0.837. The van der Waals surface area contributed by atoms with Crippen LogP contribution >= 0.6 is 0 Å². The third kappa shape index (κ3) is 3.41. The maximum absolute atomic E-state index is 10.3.